The zero-order valence-electron chi connectivity index (χ0n) is 20.7. The number of benzene rings is 2. The summed E-state index contributed by atoms with van der Waals surface area (Å²) in [6.07, 6.45) is 1.74. The summed E-state index contributed by atoms with van der Waals surface area (Å²) in [6.45, 7) is 5.42. The van der Waals surface area contributed by atoms with Crippen LogP contribution in [0.4, 0.5) is 9.93 Å². The third kappa shape index (κ3) is 7.38. The van der Waals surface area contributed by atoms with Crippen molar-refractivity contribution < 1.29 is 19.1 Å². The highest BCUT2D eigenvalue weighted by Crippen LogP contribution is 2.41. The first kappa shape index (κ1) is 28.3. The Bertz CT molecular complexity index is 1210. The minimum Gasteiger partial charge on any atom is -0.469 e. The lowest BCUT2D eigenvalue weighted by Crippen LogP contribution is -2.42. The van der Waals surface area contributed by atoms with E-state index in [1.807, 2.05) is 42.7 Å². The first-order chi connectivity index (χ1) is 17.0. The molecule has 0 aliphatic carbocycles. The quantitative estimate of drug-likeness (QED) is 0.206. The molecule has 3 rings (SSSR count). The lowest BCUT2D eigenvalue weighted by Gasteiger charge is -2.28. The van der Waals surface area contributed by atoms with E-state index in [4.69, 9.17) is 37.7 Å². The van der Waals surface area contributed by atoms with Crippen molar-refractivity contribution in [2.24, 2.45) is 5.92 Å². The molecule has 36 heavy (non-hydrogen) atoms. The van der Waals surface area contributed by atoms with Crippen molar-refractivity contribution in [1.82, 2.24) is 4.98 Å². The van der Waals surface area contributed by atoms with Crippen LogP contribution in [0.5, 0.6) is 0 Å². The fourth-order valence-electron chi connectivity index (χ4n) is 3.43. The molecule has 3 aromatic rings. The largest absolute Gasteiger partial charge is 0.469 e. The minimum atomic E-state index is -0.734. The zero-order valence-corrected chi connectivity index (χ0v) is 23.9. The van der Waals surface area contributed by atoms with Crippen LogP contribution >= 0.6 is 46.3 Å². The average Bonchev–Trinajstić information content (AvgIpc) is 3.26. The number of aromatic nitrogens is 1. The van der Waals surface area contributed by atoms with Gasteiger partial charge in [-0.3, -0.25) is 9.69 Å². The van der Waals surface area contributed by atoms with Crippen LogP contribution in [0.2, 0.25) is 10.0 Å². The van der Waals surface area contributed by atoms with Crippen LogP contribution in [0.1, 0.15) is 26.3 Å². The fourth-order valence-corrected chi connectivity index (χ4v) is 5.46. The molecule has 0 N–H and O–H groups in total. The Labute approximate surface area is 229 Å². The van der Waals surface area contributed by atoms with Crippen molar-refractivity contribution in [1.29, 1.82) is 0 Å². The second kappa shape index (κ2) is 12.3. The number of thiazole rings is 1. The zero-order chi connectivity index (χ0) is 26.5. The van der Waals surface area contributed by atoms with Crippen LogP contribution in [-0.4, -0.2) is 42.6 Å². The Balaban J connectivity index is 2.03. The molecule has 0 saturated heterocycles. The summed E-state index contributed by atoms with van der Waals surface area (Å²) in [4.78, 5) is 32.3. The van der Waals surface area contributed by atoms with Crippen molar-refractivity contribution in [3.63, 3.8) is 0 Å². The van der Waals surface area contributed by atoms with Crippen LogP contribution in [0.3, 0.4) is 0 Å². The highest BCUT2D eigenvalue weighted by Gasteiger charge is 2.32. The van der Waals surface area contributed by atoms with Gasteiger partial charge in [0.05, 0.1) is 33.0 Å². The van der Waals surface area contributed by atoms with Crippen molar-refractivity contribution in [2.75, 3.05) is 24.8 Å². The van der Waals surface area contributed by atoms with Gasteiger partial charge in [0.15, 0.2) is 5.13 Å². The van der Waals surface area contributed by atoms with Gasteiger partial charge in [-0.05, 0) is 51.1 Å². The molecular formula is C26H28Cl2N2O4S2. The van der Waals surface area contributed by atoms with Gasteiger partial charge in [-0.2, -0.15) is 0 Å². The smallest absolute Gasteiger partial charge is 0.416 e. The first-order valence-corrected chi connectivity index (χ1v) is 13.9. The topological polar surface area (TPSA) is 68.7 Å². The highest BCUT2D eigenvalue weighted by atomic mass is 35.5. The van der Waals surface area contributed by atoms with Gasteiger partial charge in [0.2, 0.25) is 0 Å². The van der Waals surface area contributed by atoms with Crippen LogP contribution in [0, 0.1) is 5.92 Å². The van der Waals surface area contributed by atoms with Gasteiger partial charge in [0, 0.05) is 12.1 Å². The molecule has 1 aromatic heterocycles. The molecule has 0 aliphatic heterocycles. The molecule has 10 heteroatoms. The maximum atomic E-state index is 13.4. The molecule has 0 spiro atoms. The first-order valence-electron chi connectivity index (χ1n) is 11.1. The van der Waals surface area contributed by atoms with Gasteiger partial charge < -0.3 is 9.47 Å². The number of hydrogen-bond acceptors (Lipinski definition) is 7. The van der Waals surface area contributed by atoms with E-state index in [0.29, 0.717) is 27.3 Å². The Morgan fingerprint density at radius 3 is 2.39 bits per heavy atom. The number of halogens is 2. The van der Waals surface area contributed by atoms with Crippen molar-refractivity contribution in [3.05, 3.63) is 64.1 Å². The van der Waals surface area contributed by atoms with Crippen LogP contribution < -0.4 is 4.90 Å². The second-order valence-corrected chi connectivity index (χ2v) is 11.8. The number of anilines is 1. The van der Waals surface area contributed by atoms with Gasteiger partial charge >= 0.3 is 12.1 Å². The van der Waals surface area contributed by atoms with E-state index >= 15 is 0 Å². The minimum absolute atomic E-state index is 0.0403. The van der Waals surface area contributed by atoms with E-state index in [-0.39, 0.29) is 6.54 Å². The number of amides is 1. The molecule has 0 aliphatic rings. The van der Waals surface area contributed by atoms with E-state index < -0.39 is 23.6 Å². The van der Waals surface area contributed by atoms with Gasteiger partial charge in [-0.25, -0.2) is 9.78 Å². The summed E-state index contributed by atoms with van der Waals surface area (Å²) in [5, 5.41) is 1.27. The van der Waals surface area contributed by atoms with Gasteiger partial charge in [0.1, 0.15) is 5.60 Å². The normalized spacial score (nSPS) is 12.2. The van der Waals surface area contributed by atoms with Crippen molar-refractivity contribution in [3.8, 4) is 11.3 Å². The molecule has 1 heterocycles. The lowest BCUT2D eigenvalue weighted by atomic mass is 9.99. The van der Waals surface area contributed by atoms with E-state index in [2.05, 4.69) is 0 Å². The van der Waals surface area contributed by atoms with E-state index in [1.165, 1.54) is 35.1 Å². The summed E-state index contributed by atoms with van der Waals surface area (Å²) >= 11 is 15.2. The van der Waals surface area contributed by atoms with Gasteiger partial charge in [-0.1, -0.05) is 70.9 Å². The Hall–Kier alpha value is -2.26. The molecule has 1 atom stereocenters. The number of carbonyl (C=O) groups excluding carboxylic acids is 2. The second-order valence-electron chi connectivity index (χ2n) is 8.97. The number of thioether (sulfide) groups is 1. The number of methoxy groups -OCH3 is 1. The molecule has 2 aromatic carbocycles. The van der Waals surface area contributed by atoms with Crippen molar-refractivity contribution >= 4 is 63.5 Å². The fraction of sp³-hybridized carbons (Fsp3) is 0.346. The molecule has 1 amide bonds. The van der Waals surface area contributed by atoms with E-state index in [1.54, 1.807) is 32.9 Å². The summed E-state index contributed by atoms with van der Waals surface area (Å²) < 4.78 is 11.7. The maximum Gasteiger partial charge on any atom is 0.416 e. The molecule has 6 nitrogen and oxygen atoms in total. The maximum absolute atomic E-state index is 13.4. The van der Waals surface area contributed by atoms with Crippen molar-refractivity contribution in [2.45, 2.75) is 37.0 Å². The third-order valence-corrected chi connectivity index (χ3v) is 8.00. The molecule has 1 unspecified atom stereocenters. The Morgan fingerprint density at radius 2 is 1.81 bits per heavy atom. The number of carbonyl (C=O) groups is 2. The highest BCUT2D eigenvalue weighted by molar-refractivity contribution is 8.00. The number of esters is 1. The Morgan fingerprint density at radius 1 is 1.11 bits per heavy atom. The van der Waals surface area contributed by atoms with Crippen LogP contribution in [0.15, 0.2) is 52.7 Å². The van der Waals surface area contributed by atoms with E-state index in [9.17, 15) is 9.59 Å². The van der Waals surface area contributed by atoms with Crippen LogP contribution in [-0.2, 0) is 20.7 Å². The number of nitrogens with zero attached hydrogens (tertiary/aromatic N) is 2. The molecule has 0 fully saturated rings. The summed E-state index contributed by atoms with van der Waals surface area (Å²) in [7, 11) is 1.34. The molecule has 0 radical (unpaired) electrons. The molecule has 0 saturated carbocycles. The van der Waals surface area contributed by atoms with Gasteiger partial charge in [-0.15, -0.1) is 11.8 Å². The molecule has 0 bridgehead atoms. The average molecular weight is 568 g/mol. The molecular weight excluding hydrogens is 539 g/mol. The van der Waals surface area contributed by atoms with Crippen LogP contribution in [0.25, 0.3) is 11.3 Å². The number of ether oxygens (including phenoxy) is 2. The third-order valence-electron chi connectivity index (χ3n) is 5.07. The lowest BCUT2D eigenvalue weighted by molar-refractivity contribution is -0.145. The molecule has 192 valence electrons. The predicted molar refractivity (Wildman–Crippen MR) is 149 cm³/mol. The monoisotopic (exact) mass is 566 g/mol. The van der Waals surface area contributed by atoms with Gasteiger partial charge in [0.25, 0.3) is 0 Å². The standard InChI is InChI=1S/C26H28Cl2N2O4S2/c1-26(2,3)34-25(32)30(15-18(22(31)33-4)13-16-9-7-6-8-10-16)24-29-21(23(35-5)36-24)17-11-12-19(27)20(28)14-17/h6-12,14,18H,13,15H2,1-5H3. The predicted octanol–water partition coefficient (Wildman–Crippen LogP) is 7.61. The summed E-state index contributed by atoms with van der Waals surface area (Å²) in [5.41, 5.74) is 1.67. The van der Waals surface area contributed by atoms with E-state index in [0.717, 1.165) is 15.3 Å². The Kier molecular flexibility index (Phi) is 9.69. The summed E-state index contributed by atoms with van der Waals surface area (Å²) in [5.74, 6) is -1.04. The number of rotatable bonds is 8. The number of hydrogen-bond donors (Lipinski definition) is 0. The summed E-state index contributed by atoms with van der Waals surface area (Å²) in [6, 6.07) is 14.9. The SMILES string of the molecule is COC(=O)C(Cc1ccccc1)CN(C(=O)OC(C)(C)C)c1nc(-c2ccc(Cl)c(Cl)c2)c(SC)s1.